The number of carbonyl (C=O) groups is 1. The van der Waals surface area contributed by atoms with Crippen molar-refractivity contribution in [1.82, 2.24) is 0 Å². The van der Waals surface area contributed by atoms with Crippen molar-refractivity contribution in [1.29, 1.82) is 0 Å². The van der Waals surface area contributed by atoms with Gasteiger partial charge in [-0.25, -0.2) is 4.79 Å². The molecule has 0 aliphatic heterocycles. The van der Waals surface area contributed by atoms with Crippen LogP contribution in [0.15, 0.2) is 33.5 Å². The van der Waals surface area contributed by atoms with Crippen LogP contribution in [-0.4, -0.2) is 33.1 Å². The zero-order valence-electron chi connectivity index (χ0n) is 14.8. The van der Waals surface area contributed by atoms with Gasteiger partial charge in [0.05, 0.1) is 5.88 Å². The van der Waals surface area contributed by atoms with Crippen molar-refractivity contribution in [2.24, 2.45) is 0 Å². The van der Waals surface area contributed by atoms with Gasteiger partial charge in [0.25, 0.3) is 0 Å². The maximum absolute atomic E-state index is 11.7. The Hall–Kier alpha value is -1.63. The van der Waals surface area contributed by atoms with Crippen molar-refractivity contribution in [2.45, 2.75) is 32.1 Å². The molecule has 1 aromatic carbocycles. The van der Waals surface area contributed by atoms with Crippen LogP contribution < -0.4 is 10.4 Å². The highest BCUT2D eigenvalue weighted by Gasteiger charge is 2.12. The fourth-order valence-corrected chi connectivity index (χ4v) is 3.10. The average Bonchev–Trinajstić information content (AvgIpc) is 2.52. The Morgan fingerprint density at radius 2 is 2.00 bits per heavy atom. The third-order valence-corrected chi connectivity index (χ3v) is 5.65. The first-order chi connectivity index (χ1) is 11.8. The van der Waals surface area contributed by atoms with Crippen LogP contribution in [0, 0.1) is 0 Å². The number of hydrogen-bond acceptors (Lipinski definition) is 5. The number of rotatable bonds is 9. The first kappa shape index (κ1) is 19.7. The summed E-state index contributed by atoms with van der Waals surface area (Å²) in [6, 6.07) is 7.56. The van der Waals surface area contributed by atoms with E-state index in [0.29, 0.717) is 28.9 Å². The topological polar surface area (TPSA) is 65.7 Å². The minimum absolute atomic E-state index is 0.0856. The monoisotopic (exact) mass is 382 g/mol. The van der Waals surface area contributed by atoms with E-state index in [4.69, 9.17) is 25.5 Å². The molecule has 0 saturated carbocycles. The van der Waals surface area contributed by atoms with E-state index in [0.717, 1.165) is 6.04 Å². The summed E-state index contributed by atoms with van der Waals surface area (Å²) >= 11 is 5.55. The number of halogens is 1. The molecule has 0 fully saturated rings. The molecule has 1 aromatic heterocycles. The van der Waals surface area contributed by atoms with Gasteiger partial charge in [0, 0.05) is 38.6 Å². The molecule has 5 nitrogen and oxygen atoms in total. The van der Waals surface area contributed by atoms with Crippen molar-refractivity contribution < 1.29 is 18.7 Å². The number of Topliss-reactive ketones (excluding diaryl/α,β-unsaturated/α-hetero) is 1. The molecule has 7 heteroatoms. The van der Waals surface area contributed by atoms with Crippen molar-refractivity contribution in [3.63, 3.8) is 0 Å². The van der Waals surface area contributed by atoms with E-state index in [1.807, 2.05) is 0 Å². The van der Waals surface area contributed by atoms with Gasteiger partial charge >= 0.3 is 5.63 Å². The standard InChI is InChI=1S/C18H23ClO5Si/c1-25(2,3)7-6-22-12-23-15-4-5-16-13(8-14(20)11-19)9-18(21)24-17(16)10-15/h4-5,9-10H,6-8,11-12H2,1-3H3. The van der Waals surface area contributed by atoms with Crippen molar-refractivity contribution in [3.05, 3.63) is 40.2 Å². The number of alkyl halides is 1. The summed E-state index contributed by atoms with van der Waals surface area (Å²) in [7, 11) is -1.12. The molecule has 1 heterocycles. The average molecular weight is 383 g/mol. The van der Waals surface area contributed by atoms with Gasteiger partial charge in [-0.3, -0.25) is 4.79 Å². The zero-order chi connectivity index (χ0) is 18.4. The number of ether oxygens (including phenoxy) is 2. The van der Waals surface area contributed by atoms with Crippen LogP contribution in [0.25, 0.3) is 11.0 Å². The zero-order valence-corrected chi connectivity index (χ0v) is 16.5. The van der Waals surface area contributed by atoms with Gasteiger partial charge in [0.15, 0.2) is 12.6 Å². The van der Waals surface area contributed by atoms with Crippen LogP contribution >= 0.6 is 11.6 Å². The van der Waals surface area contributed by atoms with Gasteiger partial charge in [0.2, 0.25) is 0 Å². The lowest BCUT2D eigenvalue weighted by atomic mass is 10.1. The molecule has 2 rings (SSSR count). The smallest absolute Gasteiger partial charge is 0.336 e. The molecule has 2 aromatic rings. The van der Waals surface area contributed by atoms with E-state index < -0.39 is 13.7 Å². The number of ketones is 1. The Balaban J connectivity index is 2.06. The Bertz CT molecular complexity index is 794. The molecular weight excluding hydrogens is 360 g/mol. The van der Waals surface area contributed by atoms with E-state index in [9.17, 15) is 9.59 Å². The summed E-state index contributed by atoms with van der Waals surface area (Å²) in [5.74, 6) is 0.312. The minimum Gasteiger partial charge on any atom is -0.467 e. The third kappa shape index (κ3) is 6.30. The lowest BCUT2D eigenvalue weighted by Crippen LogP contribution is -2.22. The molecule has 0 unspecified atom stereocenters. The first-order valence-corrected chi connectivity index (χ1v) is 12.4. The maximum atomic E-state index is 11.7. The number of hydrogen-bond donors (Lipinski definition) is 0. The molecule has 0 aliphatic rings. The second-order valence-corrected chi connectivity index (χ2v) is 13.0. The van der Waals surface area contributed by atoms with Crippen LogP contribution in [0.3, 0.4) is 0 Å². The normalized spacial score (nSPS) is 11.7. The summed E-state index contributed by atoms with van der Waals surface area (Å²) in [5, 5.41) is 0.699. The molecule has 136 valence electrons. The van der Waals surface area contributed by atoms with Gasteiger partial charge < -0.3 is 13.9 Å². The summed E-state index contributed by atoms with van der Waals surface area (Å²) in [6.07, 6.45) is 0.103. The predicted octanol–water partition coefficient (Wildman–Crippen LogP) is 3.83. The second kappa shape index (κ2) is 8.65. The molecule has 0 atom stereocenters. The molecule has 0 bridgehead atoms. The van der Waals surface area contributed by atoms with E-state index in [1.54, 1.807) is 18.2 Å². The summed E-state index contributed by atoms with van der Waals surface area (Å²) in [5.41, 5.74) is 0.479. The van der Waals surface area contributed by atoms with Gasteiger partial charge in [-0.2, -0.15) is 0 Å². The molecule has 0 amide bonds. The van der Waals surface area contributed by atoms with Crippen LogP contribution in [0.5, 0.6) is 5.75 Å². The van der Waals surface area contributed by atoms with E-state index >= 15 is 0 Å². The first-order valence-electron chi connectivity index (χ1n) is 8.13. The van der Waals surface area contributed by atoms with Gasteiger partial charge in [-0.15, -0.1) is 11.6 Å². The van der Waals surface area contributed by atoms with Crippen LogP contribution in [0.2, 0.25) is 25.7 Å². The predicted molar refractivity (Wildman–Crippen MR) is 102 cm³/mol. The van der Waals surface area contributed by atoms with Gasteiger partial charge in [-0.05, 0) is 23.7 Å². The highest BCUT2D eigenvalue weighted by molar-refractivity contribution is 6.76. The Kier molecular flexibility index (Phi) is 6.81. The summed E-state index contributed by atoms with van der Waals surface area (Å²) in [4.78, 5) is 23.3. The largest absolute Gasteiger partial charge is 0.467 e. The maximum Gasteiger partial charge on any atom is 0.336 e. The lowest BCUT2D eigenvalue weighted by molar-refractivity contribution is -0.116. The van der Waals surface area contributed by atoms with Crippen LogP contribution in [-0.2, 0) is 16.0 Å². The van der Waals surface area contributed by atoms with Crippen LogP contribution in [0.1, 0.15) is 5.56 Å². The van der Waals surface area contributed by atoms with Gasteiger partial charge in [0.1, 0.15) is 11.3 Å². The lowest BCUT2D eigenvalue weighted by Gasteiger charge is -2.15. The Labute approximate surface area is 152 Å². The van der Waals surface area contributed by atoms with Crippen molar-refractivity contribution in [3.8, 4) is 5.75 Å². The second-order valence-electron chi connectivity index (χ2n) is 7.08. The number of benzene rings is 1. The Morgan fingerprint density at radius 3 is 2.68 bits per heavy atom. The quantitative estimate of drug-likeness (QED) is 0.217. The summed E-state index contributed by atoms with van der Waals surface area (Å²) in [6.45, 7) is 7.67. The molecule has 0 spiro atoms. The number of carbonyl (C=O) groups excluding carboxylic acids is 1. The molecule has 0 saturated heterocycles. The molecule has 0 aliphatic carbocycles. The SMILES string of the molecule is C[Si](C)(C)CCOCOc1ccc2c(CC(=O)CCl)cc(=O)oc2c1. The van der Waals surface area contributed by atoms with E-state index in [1.165, 1.54) is 6.07 Å². The third-order valence-electron chi connectivity index (χ3n) is 3.64. The Morgan fingerprint density at radius 1 is 1.24 bits per heavy atom. The van der Waals surface area contributed by atoms with E-state index in [2.05, 4.69) is 19.6 Å². The van der Waals surface area contributed by atoms with E-state index in [-0.39, 0.29) is 24.9 Å². The van der Waals surface area contributed by atoms with Crippen molar-refractivity contribution >= 4 is 36.4 Å². The summed E-state index contributed by atoms with van der Waals surface area (Å²) < 4.78 is 16.3. The fourth-order valence-electron chi connectivity index (χ4n) is 2.25. The molecular formula is C18H23ClO5Si. The van der Waals surface area contributed by atoms with Gasteiger partial charge in [-0.1, -0.05) is 19.6 Å². The van der Waals surface area contributed by atoms with Crippen LogP contribution in [0.4, 0.5) is 0 Å². The molecule has 0 radical (unpaired) electrons. The number of fused-ring (bicyclic) bond motifs is 1. The minimum atomic E-state index is -1.12. The fraction of sp³-hybridized carbons (Fsp3) is 0.444. The van der Waals surface area contributed by atoms with Crippen molar-refractivity contribution in [2.75, 3.05) is 19.3 Å². The molecule has 0 N–H and O–H groups in total. The highest BCUT2D eigenvalue weighted by atomic mass is 35.5. The highest BCUT2D eigenvalue weighted by Crippen LogP contribution is 2.23. The molecule has 25 heavy (non-hydrogen) atoms.